The molecule has 4 heteroatoms. The Kier molecular flexibility index (Phi) is 6.00. The van der Waals surface area contributed by atoms with Crippen molar-refractivity contribution in [2.24, 2.45) is 0 Å². The zero-order valence-electron chi connectivity index (χ0n) is 3.85. The average Bonchev–Trinajstić information content (AvgIpc) is 1.61. The van der Waals surface area contributed by atoms with Gasteiger partial charge in [-0.2, -0.15) is 0 Å². The Morgan fingerprint density at radius 1 is 1.83 bits per heavy atom. The molecule has 0 aliphatic heterocycles. The van der Waals surface area contributed by atoms with Crippen molar-refractivity contribution in [1.82, 2.24) is 0 Å². The minimum atomic E-state index is 0.963. The van der Waals surface area contributed by atoms with E-state index in [1.54, 1.807) is 14.7 Å². The zero-order valence-corrected chi connectivity index (χ0v) is 5.00. The van der Waals surface area contributed by atoms with Crippen molar-refractivity contribution in [1.29, 1.82) is 0 Å². The van der Waals surface area contributed by atoms with Crippen molar-refractivity contribution in [2.75, 3.05) is 0 Å². The van der Waals surface area contributed by atoms with Gasteiger partial charge in [0.25, 0.3) is 7.48 Å². The van der Waals surface area contributed by atoms with Crippen LogP contribution in [0.25, 0.3) is 0 Å². The van der Waals surface area contributed by atoms with Gasteiger partial charge in [-0.15, -0.1) is 9.12 Å². The van der Waals surface area contributed by atoms with Gasteiger partial charge in [0.2, 0.25) is 0 Å². The smallest absolute Gasteiger partial charge is 0.300 e. The van der Waals surface area contributed by atoms with Crippen LogP contribution in [0.15, 0.2) is 0 Å². The third kappa shape index (κ3) is 4.52. The van der Waals surface area contributed by atoms with Crippen LogP contribution in [0.1, 0.15) is 6.92 Å². The molecule has 0 saturated carbocycles. The van der Waals surface area contributed by atoms with Crippen LogP contribution in [0, 0.1) is 0 Å². The SMILES string of the molecule is CC[B]O[B]P. The van der Waals surface area contributed by atoms with Crippen LogP contribution in [0.2, 0.25) is 6.32 Å². The fourth-order valence-corrected chi connectivity index (χ4v) is 0.263. The van der Waals surface area contributed by atoms with E-state index in [0.29, 0.717) is 0 Å². The van der Waals surface area contributed by atoms with Gasteiger partial charge in [-0.25, -0.2) is 0 Å². The molecule has 0 rings (SSSR count). The molecule has 0 saturated heterocycles. The van der Waals surface area contributed by atoms with Gasteiger partial charge in [0.05, 0.1) is 0 Å². The second-order valence-corrected chi connectivity index (χ2v) is 1.12. The van der Waals surface area contributed by atoms with Gasteiger partial charge < -0.3 is 4.57 Å². The number of hydrogen-bond donors (Lipinski definition) is 0. The molecule has 1 atom stereocenters. The molecule has 0 aromatic heterocycles. The van der Waals surface area contributed by atoms with E-state index >= 15 is 0 Å². The van der Waals surface area contributed by atoms with E-state index in [1.807, 2.05) is 6.92 Å². The molecule has 6 heavy (non-hydrogen) atoms. The molecule has 0 spiro atoms. The van der Waals surface area contributed by atoms with E-state index in [-0.39, 0.29) is 0 Å². The Morgan fingerprint density at radius 3 is 2.67 bits per heavy atom. The topological polar surface area (TPSA) is 9.23 Å². The van der Waals surface area contributed by atoms with Gasteiger partial charge >= 0.3 is 7.20 Å². The van der Waals surface area contributed by atoms with E-state index in [2.05, 4.69) is 9.12 Å². The molecule has 2 radical (unpaired) electrons. The third-order valence-electron chi connectivity index (χ3n) is 0.341. The van der Waals surface area contributed by atoms with Crippen LogP contribution < -0.4 is 0 Å². The molecule has 0 amide bonds. The van der Waals surface area contributed by atoms with Crippen LogP contribution in [0.5, 0.6) is 0 Å². The molecule has 0 N–H and O–H groups in total. The quantitative estimate of drug-likeness (QED) is 0.284. The first-order valence-electron chi connectivity index (χ1n) is 1.92. The first kappa shape index (κ1) is 6.52. The van der Waals surface area contributed by atoms with Gasteiger partial charge in [-0.1, -0.05) is 13.2 Å². The lowest BCUT2D eigenvalue weighted by Gasteiger charge is -1.87. The Morgan fingerprint density at radius 2 is 2.50 bits per heavy atom. The van der Waals surface area contributed by atoms with Crippen LogP contribution >= 0.6 is 9.12 Å². The third-order valence-corrected chi connectivity index (χ3v) is 0.499. The van der Waals surface area contributed by atoms with Crippen molar-refractivity contribution in [2.45, 2.75) is 13.2 Å². The molecule has 1 nitrogen and oxygen atoms in total. The summed E-state index contributed by atoms with van der Waals surface area (Å²) >= 11 is 0. The Balaban J connectivity index is 2.34. The number of rotatable bonds is 3. The summed E-state index contributed by atoms with van der Waals surface area (Å²) in [6, 6.07) is 0. The van der Waals surface area contributed by atoms with Crippen molar-refractivity contribution in [3.63, 3.8) is 0 Å². The van der Waals surface area contributed by atoms with E-state index in [4.69, 9.17) is 4.57 Å². The highest BCUT2D eigenvalue weighted by atomic mass is 31.0. The lowest BCUT2D eigenvalue weighted by Crippen LogP contribution is -1.94. The largest absolute Gasteiger partial charge is 0.502 e. The van der Waals surface area contributed by atoms with Gasteiger partial charge in [0, 0.05) is 0 Å². The van der Waals surface area contributed by atoms with E-state index in [1.165, 1.54) is 0 Å². The first-order chi connectivity index (χ1) is 2.91. The lowest BCUT2D eigenvalue weighted by atomic mass is 9.96. The molecule has 1 unspecified atom stereocenters. The molecular formula is C2H7B2OP. The minimum absolute atomic E-state index is 0.963. The summed E-state index contributed by atoms with van der Waals surface area (Å²) in [5, 5.41) is 0. The second-order valence-electron chi connectivity index (χ2n) is 0.847. The molecule has 0 bridgehead atoms. The Labute approximate surface area is 42.5 Å². The van der Waals surface area contributed by atoms with Crippen LogP contribution in [0.3, 0.4) is 0 Å². The predicted octanol–water partition coefficient (Wildman–Crippen LogP) is 0.470. The van der Waals surface area contributed by atoms with Gasteiger partial charge in [0.15, 0.2) is 0 Å². The summed E-state index contributed by atoms with van der Waals surface area (Å²) in [5.74, 6) is 0. The molecule has 32 valence electrons. The molecule has 0 aromatic rings. The predicted molar refractivity (Wildman–Crippen MR) is 32.8 cm³/mol. The van der Waals surface area contributed by atoms with Gasteiger partial charge in [-0.3, -0.25) is 0 Å². The summed E-state index contributed by atoms with van der Waals surface area (Å²) in [4.78, 5) is 0. The molecule has 0 aromatic carbocycles. The van der Waals surface area contributed by atoms with Crippen LogP contribution in [0.4, 0.5) is 0 Å². The Hall–Kier alpha value is 0.520. The highest BCUT2D eigenvalue weighted by molar-refractivity contribution is 7.54. The summed E-state index contributed by atoms with van der Waals surface area (Å²) in [5.41, 5.74) is 0. The lowest BCUT2D eigenvalue weighted by molar-refractivity contribution is 0.657. The molecule has 0 fully saturated rings. The standard InChI is InChI=1S/C2H7B2OP/c1-2-3-5-4-6/h2,6H2,1H3. The van der Waals surface area contributed by atoms with Crippen molar-refractivity contribution in [3.05, 3.63) is 0 Å². The summed E-state index contributed by atoms with van der Waals surface area (Å²) in [6.07, 6.45) is 0.963. The highest BCUT2D eigenvalue weighted by Crippen LogP contribution is 1.78. The van der Waals surface area contributed by atoms with Crippen molar-refractivity contribution >= 4 is 23.8 Å². The summed E-state index contributed by atoms with van der Waals surface area (Å²) < 4.78 is 4.70. The average molecular weight is 99.7 g/mol. The number of hydrogen-bond acceptors (Lipinski definition) is 1. The normalized spacial score (nSPS) is 7.67. The monoisotopic (exact) mass is 100 g/mol. The van der Waals surface area contributed by atoms with E-state index in [0.717, 1.165) is 6.32 Å². The summed E-state index contributed by atoms with van der Waals surface area (Å²) in [7, 11) is 5.65. The molecule has 0 heterocycles. The molecular weight excluding hydrogens is 92.6 g/mol. The van der Waals surface area contributed by atoms with Gasteiger partial charge in [0.1, 0.15) is 0 Å². The maximum atomic E-state index is 4.70. The first-order valence-corrected chi connectivity index (χ1v) is 2.59. The second kappa shape index (κ2) is 5.52. The van der Waals surface area contributed by atoms with Crippen molar-refractivity contribution in [3.8, 4) is 0 Å². The van der Waals surface area contributed by atoms with E-state index < -0.39 is 0 Å². The van der Waals surface area contributed by atoms with Crippen LogP contribution in [-0.4, -0.2) is 14.7 Å². The molecule has 0 aliphatic rings. The maximum absolute atomic E-state index is 4.70. The minimum Gasteiger partial charge on any atom is -0.502 e. The summed E-state index contributed by atoms with van der Waals surface area (Å²) in [6.45, 7) is 2.02. The van der Waals surface area contributed by atoms with E-state index in [9.17, 15) is 0 Å². The van der Waals surface area contributed by atoms with Gasteiger partial charge in [-0.05, 0) is 0 Å². The highest BCUT2D eigenvalue weighted by Gasteiger charge is 1.80. The van der Waals surface area contributed by atoms with Crippen LogP contribution in [-0.2, 0) is 4.57 Å². The Bertz CT molecular complexity index is 23.5. The fourth-order valence-electron chi connectivity index (χ4n) is 0.152. The fraction of sp³-hybridized carbons (Fsp3) is 1.00. The maximum Gasteiger partial charge on any atom is 0.300 e. The zero-order chi connectivity index (χ0) is 4.83. The molecule has 0 aliphatic carbocycles. The van der Waals surface area contributed by atoms with Crippen molar-refractivity contribution < 1.29 is 4.57 Å².